The third-order valence-electron chi connectivity index (χ3n) is 2.55. The van der Waals surface area contributed by atoms with E-state index < -0.39 is 0 Å². The molecule has 15 heavy (non-hydrogen) atoms. The summed E-state index contributed by atoms with van der Waals surface area (Å²) in [6.45, 7) is 4.02. The highest BCUT2D eigenvalue weighted by Crippen LogP contribution is 2.27. The first-order valence-electron chi connectivity index (χ1n) is 4.85. The Morgan fingerprint density at radius 1 is 1.53 bits per heavy atom. The quantitative estimate of drug-likeness (QED) is 0.860. The molecule has 1 atom stereocenters. The number of nitrogens with one attached hydrogen (secondary N) is 1. The maximum Gasteiger partial charge on any atom is 0.0831 e. The SMILES string of the molecule is CN[C@H](c1cc(Cl)ccn1)C(C)(C)OC. The van der Waals surface area contributed by atoms with Crippen LogP contribution in [0.15, 0.2) is 18.3 Å². The van der Waals surface area contributed by atoms with Crippen LogP contribution in [0.3, 0.4) is 0 Å². The molecule has 0 aromatic carbocycles. The van der Waals surface area contributed by atoms with Gasteiger partial charge in [0.05, 0.1) is 17.3 Å². The molecule has 1 rings (SSSR count). The number of likely N-dealkylation sites (N-methyl/N-ethyl adjacent to an activating group) is 1. The summed E-state index contributed by atoms with van der Waals surface area (Å²) in [5.41, 5.74) is 0.559. The molecule has 0 saturated heterocycles. The van der Waals surface area contributed by atoms with Crippen LogP contribution < -0.4 is 5.32 Å². The average molecular weight is 229 g/mol. The summed E-state index contributed by atoms with van der Waals surface area (Å²) in [4.78, 5) is 4.30. The predicted octanol–water partition coefficient (Wildman–Crippen LogP) is 2.42. The second kappa shape index (κ2) is 4.92. The Morgan fingerprint density at radius 3 is 2.67 bits per heavy atom. The van der Waals surface area contributed by atoms with E-state index in [1.54, 1.807) is 19.4 Å². The van der Waals surface area contributed by atoms with Gasteiger partial charge >= 0.3 is 0 Å². The standard InChI is InChI=1S/C11H17ClN2O/c1-11(2,15-4)10(13-3)9-7-8(12)5-6-14-9/h5-7,10,13H,1-4H3/t10-/m1/s1. The maximum atomic E-state index is 5.93. The molecule has 0 aliphatic heterocycles. The van der Waals surface area contributed by atoms with Crippen molar-refractivity contribution in [2.75, 3.05) is 14.2 Å². The molecule has 0 radical (unpaired) electrons. The van der Waals surface area contributed by atoms with Crippen molar-refractivity contribution in [2.24, 2.45) is 0 Å². The fraction of sp³-hybridized carbons (Fsp3) is 0.545. The summed E-state index contributed by atoms with van der Waals surface area (Å²) < 4.78 is 5.44. The van der Waals surface area contributed by atoms with Gasteiger partial charge in [0, 0.05) is 18.3 Å². The highest BCUT2D eigenvalue weighted by atomic mass is 35.5. The van der Waals surface area contributed by atoms with Crippen molar-refractivity contribution in [1.29, 1.82) is 0 Å². The molecular weight excluding hydrogens is 212 g/mol. The topological polar surface area (TPSA) is 34.2 Å². The van der Waals surface area contributed by atoms with Crippen molar-refractivity contribution in [2.45, 2.75) is 25.5 Å². The normalized spacial score (nSPS) is 13.9. The van der Waals surface area contributed by atoms with Crippen LogP contribution in [0.25, 0.3) is 0 Å². The highest BCUT2D eigenvalue weighted by Gasteiger charge is 2.30. The number of nitrogens with zero attached hydrogens (tertiary/aromatic N) is 1. The first-order valence-corrected chi connectivity index (χ1v) is 5.23. The van der Waals surface area contributed by atoms with E-state index in [1.165, 1.54) is 0 Å². The lowest BCUT2D eigenvalue weighted by Gasteiger charge is -2.32. The number of halogens is 1. The second-order valence-electron chi connectivity index (χ2n) is 3.93. The third-order valence-corrected chi connectivity index (χ3v) is 2.78. The fourth-order valence-corrected chi connectivity index (χ4v) is 1.72. The van der Waals surface area contributed by atoms with Gasteiger partial charge in [-0.15, -0.1) is 0 Å². The molecule has 0 bridgehead atoms. The lowest BCUT2D eigenvalue weighted by molar-refractivity contribution is -0.0101. The van der Waals surface area contributed by atoms with Crippen LogP contribution in [0.5, 0.6) is 0 Å². The molecule has 1 N–H and O–H groups in total. The van der Waals surface area contributed by atoms with Gasteiger partial charge in [0.25, 0.3) is 0 Å². The molecule has 4 heteroatoms. The van der Waals surface area contributed by atoms with Crippen LogP contribution in [-0.2, 0) is 4.74 Å². The zero-order valence-corrected chi connectivity index (χ0v) is 10.3. The van der Waals surface area contributed by atoms with E-state index in [1.807, 2.05) is 27.0 Å². The Labute approximate surface area is 95.8 Å². The van der Waals surface area contributed by atoms with E-state index in [4.69, 9.17) is 16.3 Å². The minimum atomic E-state index is -0.327. The van der Waals surface area contributed by atoms with E-state index in [-0.39, 0.29) is 11.6 Å². The lowest BCUT2D eigenvalue weighted by atomic mass is 9.95. The van der Waals surface area contributed by atoms with E-state index in [0.29, 0.717) is 5.02 Å². The smallest absolute Gasteiger partial charge is 0.0831 e. The monoisotopic (exact) mass is 228 g/mol. The number of hydrogen-bond donors (Lipinski definition) is 1. The van der Waals surface area contributed by atoms with Gasteiger partial charge in [0.2, 0.25) is 0 Å². The highest BCUT2D eigenvalue weighted by molar-refractivity contribution is 6.30. The van der Waals surface area contributed by atoms with Gasteiger partial charge in [0.1, 0.15) is 0 Å². The Bertz CT molecular complexity index is 328. The van der Waals surface area contributed by atoms with Crippen molar-refractivity contribution in [3.8, 4) is 0 Å². The molecule has 0 spiro atoms. The summed E-state index contributed by atoms with van der Waals surface area (Å²) in [5, 5.41) is 3.88. The number of rotatable bonds is 4. The minimum absolute atomic E-state index is 0.0150. The van der Waals surface area contributed by atoms with Crippen LogP contribution in [0.1, 0.15) is 25.6 Å². The van der Waals surface area contributed by atoms with Crippen LogP contribution >= 0.6 is 11.6 Å². The van der Waals surface area contributed by atoms with Gasteiger partial charge in [-0.2, -0.15) is 0 Å². The third kappa shape index (κ3) is 2.91. The van der Waals surface area contributed by atoms with Crippen LogP contribution in [-0.4, -0.2) is 24.7 Å². The van der Waals surface area contributed by atoms with E-state index in [2.05, 4.69) is 10.3 Å². The Morgan fingerprint density at radius 2 is 2.20 bits per heavy atom. The zero-order valence-electron chi connectivity index (χ0n) is 9.54. The molecule has 0 amide bonds. The summed E-state index contributed by atoms with van der Waals surface area (Å²) >= 11 is 5.93. The van der Waals surface area contributed by atoms with Crippen molar-refractivity contribution in [1.82, 2.24) is 10.3 Å². The second-order valence-corrected chi connectivity index (χ2v) is 4.36. The summed E-state index contributed by atoms with van der Waals surface area (Å²) in [6, 6.07) is 3.63. The van der Waals surface area contributed by atoms with Gasteiger partial charge < -0.3 is 10.1 Å². The molecule has 1 heterocycles. The zero-order chi connectivity index (χ0) is 11.5. The lowest BCUT2D eigenvalue weighted by Crippen LogP contribution is -2.39. The fourth-order valence-electron chi connectivity index (χ4n) is 1.55. The van der Waals surface area contributed by atoms with Gasteiger partial charge in [-0.3, -0.25) is 4.98 Å². The minimum Gasteiger partial charge on any atom is -0.377 e. The van der Waals surface area contributed by atoms with Crippen molar-refractivity contribution < 1.29 is 4.74 Å². The molecule has 1 aromatic rings. The summed E-state index contributed by atoms with van der Waals surface area (Å²) in [7, 11) is 3.57. The number of aromatic nitrogens is 1. The first-order chi connectivity index (χ1) is 7.01. The Balaban J connectivity index is 3.02. The van der Waals surface area contributed by atoms with Gasteiger partial charge in [-0.05, 0) is 33.0 Å². The van der Waals surface area contributed by atoms with Crippen LogP contribution in [0.4, 0.5) is 0 Å². The first kappa shape index (κ1) is 12.4. The Kier molecular flexibility index (Phi) is 4.08. The molecule has 0 fully saturated rings. The molecular formula is C11H17ClN2O. The predicted molar refractivity (Wildman–Crippen MR) is 62.1 cm³/mol. The van der Waals surface area contributed by atoms with Crippen LogP contribution in [0.2, 0.25) is 5.02 Å². The van der Waals surface area contributed by atoms with E-state index in [0.717, 1.165) is 5.69 Å². The Hall–Kier alpha value is -0.640. The number of ether oxygens (including phenoxy) is 1. The van der Waals surface area contributed by atoms with Gasteiger partial charge in [0.15, 0.2) is 0 Å². The van der Waals surface area contributed by atoms with Gasteiger partial charge in [-0.25, -0.2) is 0 Å². The maximum absolute atomic E-state index is 5.93. The molecule has 1 aromatic heterocycles. The largest absolute Gasteiger partial charge is 0.377 e. The summed E-state index contributed by atoms with van der Waals surface area (Å²) in [6.07, 6.45) is 1.70. The number of methoxy groups -OCH3 is 1. The molecule has 0 aliphatic carbocycles. The average Bonchev–Trinajstić information content (AvgIpc) is 2.18. The molecule has 3 nitrogen and oxygen atoms in total. The number of hydrogen-bond acceptors (Lipinski definition) is 3. The van der Waals surface area contributed by atoms with Crippen molar-refractivity contribution in [3.63, 3.8) is 0 Å². The molecule has 84 valence electrons. The number of pyridine rings is 1. The van der Waals surface area contributed by atoms with Crippen molar-refractivity contribution >= 4 is 11.6 Å². The molecule has 0 unspecified atom stereocenters. The van der Waals surface area contributed by atoms with E-state index in [9.17, 15) is 0 Å². The van der Waals surface area contributed by atoms with Gasteiger partial charge in [-0.1, -0.05) is 11.6 Å². The molecule has 0 aliphatic rings. The van der Waals surface area contributed by atoms with Crippen molar-refractivity contribution in [3.05, 3.63) is 29.0 Å². The van der Waals surface area contributed by atoms with E-state index >= 15 is 0 Å². The van der Waals surface area contributed by atoms with Crippen LogP contribution in [0, 0.1) is 0 Å². The summed E-state index contributed by atoms with van der Waals surface area (Å²) in [5.74, 6) is 0. The molecule has 0 saturated carbocycles.